The van der Waals surface area contributed by atoms with Crippen molar-refractivity contribution in [3.63, 3.8) is 0 Å². The SMILES string of the molecule is O=C(CSc1nc2ccccc2c(=O)n1Cc1ccco1)Nc1c(Cl)cccc1C(F)(F)F. The molecule has 0 atom stereocenters. The molecule has 6 nitrogen and oxygen atoms in total. The third-order valence-electron chi connectivity index (χ3n) is 4.64. The van der Waals surface area contributed by atoms with Gasteiger partial charge < -0.3 is 9.73 Å². The summed E-state index contributed by atoms with van der Waals surface area (Å²) in [6.45, 7) is 0.0797. The van der Waals surface area contributed by atoms with Crippen LogP contribution in [0.3, 0.4) is 0 Å². The Balaban J connectivity index is 1.61. The molecule has 0 saturated heterocycles. The highest BCUT2D eigenvalue weighted by molar-refractivity contribution is 7.99. The lowest BCUT2D eigenvalue weighted by Gasteiger charge is -2.15. The van der Waals surface area contributed by atoms with Crippen molar-refractivity contribution in [2.75, 3.05) is 11.1 Å². The lowest BCUT2D eigenvalue weighted by Crippen LogP contribution is -2.25. The topological polar surface area (TPSA) is 77.1 Å². The summed E-state index contributed by atoms with van der Waals surface area (Å²) in [5.41, 5.74) is -1.46. The molecule has 0 unspecified atom stereocenters. The Labute approximate surface area is 194 Å². The second-order valence-electron chi connectivity index (χ2n) is 6.88. The van der Waals surface area contributed by atoms with E-state index in [1.807, 2.05) is 0 Å². The summed E-state index contributed by atoms with van der Waals surface area (Å²) < 4.78 is 46.5. The summed E-state index contributed by atoms with van der Waals surface area (Å²) in [7, 11) is 0. The molecule has 2 aromatic carbocycles. The van der Waals surface area contributed by atoms with E-state index in [1.165, 1.54) is 16.9 Å². The number of furan rings is 1. The van der Waals surface area contributed by atoms with Crippen LogP contribution in [0.4, 0.5) is 18.9 Å². The van der Waals surface area contributed by atoms with Crippen LogP contribution in [0.5, 0.6) is 0 Å². The van der Waals surface area contributed by atoms with Gasteiger partial charge in [0.05, 0.1) is 45.7 Å². The molecular weight excluding hydrogens is 479 g/mol. The van der Waals surface area contributed by atoms with E-state index >= 15 is 0 Å². The minimum absolute atomic E-state index is 0.0797. The predicted octanol–water partition coefficient (Wildman–Crippen LogP) is 5.44. The molecule has 0 bridgehead atoms. The monoisotopic (exact) mass is 493 g/mol. The van der Waals surface area contributed by atoms with Gasteiger partial charge >= 0.3 is 6.18 Å². The molecule has 2 aromatic heterocycles. The number of anilines is 1. The number of thioether (sulfide) groups is 1. The molecule has 1 amide bonds. The molecule has 0 aliphatic heterocycles. The Morgan fingerprint density at radius 2 is 1.91 bits per heavy atom. The Bertz CT molecular complexity index is 1370. The number of hydrogen-bond donors (Lipinski definition) is 1. The van der Waals surface area contributed by atoms with E-state index in [9.17, 15) is 22.8 Å². The standard InChI is InChI=1S/C22H15ClF3N3O3S/c23-16-8-3-7-15(22(24,25)26)19(16)28-18(30)12-33-21-27-17-9-2-1-6-14(17)20(31)29(21)11-13-5-4-10-32-13/h1-10H,11-12H2,(H,28,30). The average Bonchev–Trinajstić information content (AvgIpc) is 3.28. The summed E-state index contributed by atoms with van der Waals surface area (Å²) >= 11 is 6.82. The largest absolute Gasteiger partial charge is 0.467 e. The van der Waals surface area contributed by atoms with Crippen LogP contribution in [0.25, 0.3) is 10.9 Å². The van der Waals surface area contributed by atoms with Crippen LogP contribution in [0.2, 0.25) is 5.02 Å². The first-order chi connectivity index (χ1) is 15.7. The second-order valence-corrected chi connectivity index (χ2v) is 8.23. The number of nitrogens with one attached hydrogen (secondary N) is 1. The van der Waals surface area contributed by atoms with Gasteiger partial charge in [-0.1, -0.05) is 41.6 Å². The molecule has 0 spiro atoms. The van der Waals surface area contributed by atoms with Crippen molar-refractivity contribution >= 4 is 45.9 Å². The second kappa shape index (κ2) is 9.32. The van der Waals surface area contributed by atoms with Crippen molar-refractivity contribution in [1.82, 2.24) is 9.55 Å². The smallest absolute Gasteiger partial charge is 0.418 e. The Morgan fingerprint density at radius 1 is 1.12 bits per heavy atom. The Hall–Kier alpha value is -3.24. The van der Waals surface area contributed by atoms with E-state index in [1.54, 1.807) is 36.4 Å². The van der Waals surface area contributed by atoms with E-state index in [0.717, 1.165) is 23.9 Å². The van der Waals surface area contributed by atoms with Gasteiger partial charge in [0, 0.05) is 0 Å². The normalized spacial score (nSPS) is 11.6. The van der Waals surface area contributed by atoms with E-state index in [4.69, 9.17) is 16.0 Å². The van der Waals surface area contributed by atoms with Crippen LogP contribution < -0.4 is 10.9 Å². The molecule has 0 aliphatic carbocycles. The molecule has 4 rings (SSSR count). The number of benzene rings is 2. The number of rotatable bonds is 6. The van der Waals surface area contributed by atoms with Gasteiger partial charge in [0.2, 0.25) is 5.91 Å². The quantitative estimate of drug-likeness (QED) is 0.286. The zero-order valence-corrected chi connectivity index (χ0v) is 18.3. The molecule has 0 aliphatic rings. The number of halogens is 4. The highest BCUT2D eigenvalue weighted by Crippen LogP contribution is 2.38. The van der Waals surface area contributed by atoms with Crippen LogP contribution >= 0.6 is 23.4 Å². The molecule has 0 saturated carbocycles. The molecule has 0 fully saturated rings. The number of para-hydroxylation sites is 2. The van der Waals surface area contributed by atoms with Gasteiger partial charge in [0.1, 0.15) is 5.76 Å². The fourth-order valence-electron chi connectivity index (χ4n) is 3.15. The highest BCUT2D eigenvalue weighted by Gasteiger charge is 2.34. The maximum Gasteiger partial charge on any atom is 0.418 e. The maximum atomic E-state index is 13.3. The van der Waals surface area contributed by atoms with Gasteiger partial charge in [0.15, 0.2) is 5.16 Å². The van der Waals surface area contributed by atoms with Crippen LogP contribution in [-0.4, -0.2) is 21.2 Å². The number of aromatic nitrogens is 2. The van der Waals surface area contributed by atoms with Crippen LogP contribution in [-0.2, 0) is 17.5 Å². The Kier molecular flexibility index (Phi) is 6.48. The molecule has 170 valence electrons. The number of alkyl halides is 3. The van der Waals surface area contributed by atoms with E-state index in [2.05, 4.69) is 10.3 Å². The molecule has 1 N–H and O–H groups in total. The van der Waals surface area contributed by atoms with Crippen LogP contribution in [0.15, 0.2) is 75.2 Å². The predicted molar refractivity (Wildman–Crippen MR) is 120 cm³/mol. The third-order valence-corrected chi connectivity index (χ3v) is 5.93. The van der Waals surface area contributed by atoms with E-state index in [-0.39, 0.29) is 28.0 Å². The van der Waals surface area contributed by atoms with Crippen LogP contribution in [0.1, 0.15) is 11.3 Å². The van der Waals surface area contributed by atoms with E-state index < -0.39 is 23.3 Å². The number of hydrogen-bond acceptors (Lipinski definition) is 5. The number of nitrogens with zero attached hydrogens (tertiary/aromatic N) is 2. The fraction of sp³-hybridized carbons (Fsp3) is 0.136. The summed E-state index contributed by atoms with van der Waals surface area (Å²) in [5.74, 6) is -0.525. The first-order valence-electron chi connectivity index (χ1n) is 9.54. The van der Waals surface area contributed by atoms with Crippen molar-refractivity contribution in [2.45, 2.75) is 17.9 Å². The van der Waals surface area contributed by atoms with Crippen molar-refractivity contribution < 1.29 is 22.4 Å². The van der Waals surface area contributed by atoms with Crippen LogP contribution in [0, 0.1) is 0 Å². The number of carbonyl (C=O) groups is 1. The van der Waals surface area contributed by atoms with Gasteiger partial charge in [-0.15, -0.1) is 0 Å². The Morgan fingerprint density at radius 3 is 2.64 bits per heavy atom. The minimum Gasteiger partial charge on any atom is -0.467 e. The van der Waals surface area contributed by atoms with Crippen molar-refractivity contribution in [3.05, 3.63) is 87.6 Å². The summed E-state index contributed by atoms with van der Waals surface area (Å²) in [6, 6.07) is 13.4. The van der Waals surface area contributed by atoms with Crippen molar-refractivity contribution in [2.24, 2.45) is 0 Å². The van der Waals surface area contributed by atoms with Gasteiger partial charge in [-0.25, -0.2) is 4.98 Å². The maximum absolute atomic E-state index is 13.3. The number of carbonyl (C=O) groups excluding carboxylic acids is 1. The minimum atomic E-state index is -4.69. The fourth-order valence-corrected chi connectivity index (χ4v) is 4.17. The zero-order valence-electron chi connectivity index (χ0n) is 16.7. The molecule has 0 radical (unpaired) electrons. The first kappa shape index (κ1) is 22.9. The number of amides is 1. The summed E-state index contributed by atoms with van der Waals surface area (Å²) in [6.07, 6.45) is -3.22. The molecule has 33 heavy (non-hydrogen) atoms. The average molecular weight is 494 g/mol. The molecule has 4 aromatic rings. The van der Waals surface area contributed by atoms with Gasteiger partial charge in [0.25, 0.3) is 5.56 Å². The molecule has 2 heterocycles. The summed E-state index contributed by atoms with van der Waals surface area (Å²) in [4.78, 5) is 30.0. The van der Waals surface area contributed by atoms with Crippen molar-refractivity contribution in [1.29, 1.82) is 0 Å². The zero-order chi connectivity index (χ0) is 23.6. The highest BCUT2D eigenvalue weighted by atomic mass is 35.5. The van der Waals surface area contributed by atoms with Crippen molar-refractivity contribution in [3.8, 4) is 0 Å². The van der Waals surface area contributed by atoms with Gasteiger partial charge in [-0.2, -0.15) is 13.2 Å². The third kappa shape index (κ3) is 5.07. The first-order valence-corrected chi connectivity index (χ1v) is 10.9. The molecular formula is C22H15ClF3N3O3S. The van der Waals surface area contributed by atoms with E-state index in [0.29, 0.717) is 16.7 Å². The van der Waals surface area contributed by atoms with Gasteiger partial charge in [-0.05, 0) is 36.4 Å². The van der Waals surface area contributed by atoms with Gasteiger partial charge in [-0.3, -0.25) is 14.2 Å². The summed E-state index contributed by atoms with van der Waals surface area (Å²) in [5, 5.41) is 2.61. The lowest BCUT2D eigenvalue weighted by molar-refractivity contribution is -0.137. The molecule has 11 heteroatoms. The number of fused-ring (bicyclic) bond motifs is 1. The lowest BCUT2D eigenvalue weighted by atomic mass is 10.1.